The third kappa shape index (κ3) is 3.79. The predicted octanol–water partition coefficient (Wildman–Crippen LogP) is 1.57. The van der Waals surface area contributed by atoms with Crippen LogP contribution < -0.4 is 16.6 Å². The zero-order valence-electron chi connectivity index (χ0n) is 12.2. The van der Waals surface area contributed by atoms with Crippen molar-refractivity contribution >= 4 is 11.6 Å². The standard InChI is InChI=1S/C16H19N3O2/c1-16(2,17)15(21)18-13-9-6-10-19(14(13)20)11-12-7-4-3-5-8-12/h3-10H,11,17H2,1-2H3,(H,18,21). The minimum Gasteiger partial charge on any atom is -0.320 e. The van der Waals surface area contributed by atoms with Crippen molar-refractivity contribution in [3.63, 3.8) is 0 Å². The third-order valence-electron chi connectivity index (χ3n) is 3.05. The zero-order valence-corrected chi connectivity index (χ0v) is 12.2. The molecule has 1 aromatic heterocycles. The largest absolute Gasteiger partial charge is 0.320 e. The molecule has 0 bridgehead atoms. The monoisotopic (exact) mass is 285 g/mol. The van der Waals surface area contributed by atoms with Crippen LogP contribution in [0.15, 0.2) is 53.5 Å². The van der Waals surface area contributed by atoms with Crippen LogP contribution in [0, 0.1) is 0 Å². The number of anilines is 1. The highest BCUT2D eigenvalue weighted by molar-refractivity contribution is 5.97. The predicted molar refractivity (Wildman–Crippen MR) is 83.1 cm³/mol. The topological polar surface area (TPSA) is 77.1 Å². The van der Waals surface area contributed by atoms with Gasteiger partial charge in [-0.15, -0.1) is 0 Å². The minimum atomic E-state index is -1.04. The second-order valence-electron chi connectivity index (χ2n) is 5.52. The lowest BCUT2D eigenvalue weighted by Crippen LogP contribution is -2.46. The number of carbonyl (C=O) groups is 1. The number of rotatable bonds is 4. The highest BCUT2D eigenvalue weighted by atomic mass is 16.2. The Labute approximate surface area is 123 Å². The number of hydrogen-bond donors (Lipinski definition) is 2. The summed E-state index contributed by atoms with van der Waals surface area (Å²) in [6.45, 7) is 3.64. The first-order valence-electron chi connectivity index (χ1n) is 6.71. The molecule has 21 heavy (non-hydrogen) atoms. The van der Waals surface area contributed by atoms with Gasteiger partial charge in [0, 0.05) is 6.20 Å². The molecule has 0 saturated heterocycles. The van der Waals surface area contributed by atoms with E-state index in [0.29, 0.717) is 6.54 Å². The van der Waals surface area contributed by atoms with Crippen molar-refractivity contribution in [2.75, 3.05) is 5.32 Å². The normalized spacial score (nSPS) is 11.2. The van der Waals surface area contributed by atoms with E-state index in [2.05, 4.69) is 5.32 Å². The second-order valence-corrected chi connectivity index (χ2v) is 5.52. The number of amides is 1. The Kier molecular flexibility index (Phi) is 4.23. The van der Waals surface area contributed by atoms with Gasteiger partial charge in [0.25, 0.3) is 5.56 Å². The fourth-order valence-electron chi connectivity index (χ4n) is 1.82. The van der Waals surface area contributed by atoms with E-state index >= 15 is 0 Å². The molecule has 2 rings (SSSR count). The van der Waals surface area contributed by atoms with Crippen LogP contribution >= 0.6 is 0 Å². The third-order valence-corrected chi connectivity index (χ3v) is 3.05. The maximum Gasteiger partial charge on any atom is 0.274 e. The van der Waals surface area contributed by atoms with E-state index in [1.165, 1.54) is 0 Å². The van der Waals surface area contributed by atoms with Gasteiger partial charge in [-0.3, -0.25) is 9.59 Å². The maximum atomic E-state index is 12.3. The Hall–Kier alpha value is -2.40. The number of nitrogens with one attached hydrogen (secondary N) is 1. The number of benzene rings is 1. The van der Waals surface area contributed by atoms with Crippen LogP contribution in [-0.2, 0) is 11.3 Å². The lowest BCUT2D eigenvalue weighted by Gasteiger charge is -2.18. The van der Waals surface area contributed by atoms with Gasteiger partial charge in [-0.2, -0.15) is 0 Å². The molecule has 0 aliphatic heterocycles. The molecule has 110 valence electrons. The summed E-state index contributed by atoms with van der Waals surface area (Å²) in [4.78, 5) is 24.2. The fraction of sp³-hybridized carbons (Fsp3) is 0.250. The fourth-order valence-corrected chi connectivity index (χ4v) is 1.82. The van der Waals surface area contributed by atoms with Gasteiger partial charge in [-0.05, 0) is 31.5 Å². The average Bonchev–Trinajstić information content (AvgIpc) is 2.43. The highest BCUT2D eigenvalue weighted by Gasteiger charge is 2.22. The lowest BCUT2D eigenvalue weighted by atomic mass is 10.1. The zero-order chi connectivity index (χ0) is 15.5. The van der Waals surface area contributed by atoms with Crippen LogP contribution in [0.3, 0.4) is 0 Å². The van der Waals surface area contributed by atoms with E-state index in [1.807, 2.05) is 30.3 Å². The van der Waals surface area contributed by atoms with Crippen LogP contribution in [0.25, 0.3) is 0 Å². The summed E-state index contributed by atoms with van der Waals surface area (Å²) in [6, 6.07) is 13.0. The van der Waals surface area contributed by atoms with Gasteiger partial charge in [0.05, 0.1) is 12.1 Å². The number of nitrogens with zero attached hydrogens (tertiary/aromatic N) is 1. The van der Waals surface area contributed by atoms with Crippen molar-refractivity contribution in [1.29, 1.82) is 0 Å². The van der Waals surface area contributed by atoms with Crippen molar-refractivity contribution in [1.82, 2.24) is 4.57 Å². The Morgan fingerprint density at radius 3 is 2.48 bits per heavy atom. The number of nitrogens with two attached hydrogens (primary N) is 1. The van der Waals surface area contributed by atoms with Crippen LogP contribution in [0.1, 0.15) is 19.4 Å². The molecule has 2 aromatic rings. The van der Waals surface area contributed by atoms with Crippen molar-refractivity contribution < 1.29 is 4.79 Å². The van der Waals surface area contributed by atoms with Gasteiger partial charge >= 0.3 is 0 Å². The molecule has 0 saturated carbocycles. The minimum absolute atomic E-state index is 0.233. The first-order valence-corrected chi connectivity index (χ1v) is 6.71. The summed E-state index contributed by atoms with van der Waals surface area (Å²) in [7, 11) is 0. The number of hydrogen-bond acceptors (Lipinski definition) is 3. The van der Waals surface area contributed by atoms with E-state index in [4.69, 9.17) is 5.73 Å². The van der Waals surface area contributed by atoms with Gasteiger partial charge in [-0.1, -0.05) is 30.3 Å². The SMILES string of the molecule is CC(C)(N)C(=O)Nc1cccn(Cc2ccccc2)c1=O. The second kappa shape index (κ2) is 5.93. The molecule has 0 spiro atoms. The molecule has 0 aliphatic rings. The number of pyridine rings is 1. The Balaban J connectivity index is 2.25. The van der Waals surface area contributed by atoms with Gasteiger partial charge < -0.3 is 15.6 Å². The summed E-state index contributed by atoms with van der Waals surface area (Å²) in [6.07, 6.45) is 1.69. The molecular weight excluding hydrogens is 266 g/mol. The summed E-state index contributed by atoms with van der Waals surface area (Å²) < 4.78 is 1.55. The smallest absolute Gasteiger partial charge is 0.274 e. The molecule has 0 aliphatic carbocycles. The van der Waals surface area contributed by atoms with E-state index in [0.717, 1.165) is 5.56 Å². The molecule has 0 fully saturated rings. The molecule has 1 heterocycles. The van der Waals surface area contributed by atoms with Crippen LogP contribution in [-0.4, -0.2) is 16.0 Å². The van der Waals surface area contributed by atoms with Crippen molar-refractivity contribution in [2.24, 2.45) is 5.73 Å². The summed E-state index contributed by atoms with van der Waals surface area (Å²) in [5, 5.41) is 2.58. The lowest BCUT2D eigenvalue weighted by molar-refractivity contribution is -0.120. The molecule has 0 atom stereocenters. The van der Waals surface area contributed by atoms with Gasteiger partial charge in [0.2, 0.25) is 5.91 Å². The molecule has 3 N–H and O–H groups in total. The molecule has 0 unspecified atom stereocenters. The summed E-state index contributed by atoms with van der Waals surface area (Å²) in [5.74, 6) is -0.392. The van der Waals surface area contributed by atoms with Crippen molar-refractivity contribution in [2.45, 2.75) is 25.9 Å². The Morgan fingerprint density at radius 2 is 1.86 bits per heavy atom. The molecular formula is C16H19N3O2. The first-order chi connectivity index (χ1) is 9.88. The maximum absolute atomic E-state index is 12.3. The van der Waals surface area contributed by atoms with Crippen LogP contribution in [0.5, 0.6) is 0 Å². The van der Waals surface area contributed by atoms with Gasteiger partial charge in [-0.25, -0.2) is 0 Å². The highest BCUT2D eigenvalue weighted by Crippen LogP contribution is 2.06. The van der Waals surface area contributed by atoms with Crippen molar-refractivity contribution in [3.8, 4) is 0 Å². The molecule has 1 amide bonds. The quantitative estimate of drug-likeness (QED) is 0.895. The molecule has 1 aromatic carbocycles. The molecule has 5 heteroatoms. The summed E-state index contributed by atoms with van der Waals surface area (Å²) in [5.41, 5.74) is 5.68. The van der Waals surface area contributed by atoms with E-state index < -0.39 is 11.4 Å². The van der Waals surface area contributed by atoms with E-state index in [1.54, 1.807) is 36.7 Å². The van der Waals surface area contributed by atoms with Crippen LogP contribution in [0.2, 0.25) is 0 Å². The van der Waals surface area contributed by atoms with E-state index in [9.17, 15) is 9.59 Å². The van der Waals surface area contributed by atoms with Crippen molar-refractivity contribution in [3.05, 3.63) is 64.6 Å². The van der Waals surface area contributed by atoms with Gasteiger partial charge in [0.1, 0.15) is 5.69 Å². The molecule has 5 nitrogen and oxygen atoms in total. The van der Waals surface area contributed by atoms with Gasteiger partial charge in [0.15, 0.2) is 0 Å². The Morgan fingerprint density at radius 1 is 1.19 bits per heavy atom. The van der Waals surface area contributed by atoms with Crippen LogP contribution in [0.4, 0.5) is 5.69 Å². The first kappa shape index (κ1) is 15.0. The average molecular weight is 285 g/mol. The van der Waals surface area contributed by atoms with E-state index in [-0.39, 0.29) is 11.2 Å². The molecule has 0 radical (unpaired) electrons. The number of aromatic nitrogens is 1. The Bertz CT molecular complexity index is 685. The summed E-state index contributed by atoms with van der Waals surface area (Å²) >= 11 is 0. The number of carbonyl (C=O) groups excluding carboxylic acids is 1.